The first kappa shape index (κ1) is 20.8. The summed E-state index contributed by atoms with van der Waals surface area (Å²) in [4.78, 5) is 32.2. The van der Waals surface area contributed by atoms with E-state index in [4.69, 9.17) is 0 Å². The van der Waals surface area contributed by atoms with E-state index in [9.17, 15) is 9.59 Å². The van der Waals surface area contributed by atoms with Crippen LogP contribution in [0.4, 0.5) is 9.59 Å². The summed E-state index contributed by atoms with van der Waals surface area (Å²) in [5.74, 6) is 0. The van der Waals surface area contributed by atoms with Gasteiger partial charge in [0.25, 0.3) is 0 Å². The van der Waals surface area contributed by atoms with Crippen molar-refractivity contribution >= 4 is 12.1 Å². The van der Waals surface area contributed by atoms with Gasteiger partial charge in [-0.3, -0.25) is 9.80 Å². The zero-order valence-electron chi connectivity index (χ0n) is 16.5. The Hall–Kier alpha value is -1.54. The van der Waals surface area contributed by atoms with Crippen LogP contribution in [-0.4, -0.2) is 98.4 Å². The minimum absolute atomic E-state index is 0.0512. The smallest absolute Gasteiger partial charge is 0.318 e. The van der Waals surface area contributed by atoms with Gasteiger partial charge in [0.15, 0.2) is 0 Å². The maximum Gasteiger partial charge on any atom is 0.318 e. The highest BCUT2D eigenvalue weighted by Crippen LogP contribution is 2.05. The quantitative estimate of drug-likeness (QED) is 0.662. The number of carbonyl (C=O) groups is 2. The molecular formula is C18H36N6O2. The Morgan fingerprint density at radius 3 is 1.50 bits per heavy atom. The molecule has 0 bridgehead atoms. The Bertz CT molecular complexity index is 407. The van der Waals surface area contributed by atoms with Gasteiger partial charge in [0.05, 0.1) is 13.3 Å². The number of urea groups is 2. The van der Waals surface area contributed by atoms with Crippen LogP contribution in [0.15, 0.2) is 0 Å². The van der Waals surface area contributed by atoms with Crippen molar-refractivity contribution < 1.29 is 9.59 Å². The van der Waals surface area contributed by atoms with Crippen LogP contribution in [-0.2, 0) is 0 Å². The molecule has 26 heavy (non-hydrogen) atoms. The molecule has 150 valence electrons. The van der Waals surface area contributed by atoms with E-state index in [-0.39, 0.29) is 12.1 Å². The second-order valence-electron chi connectivity index (χ2n) is 7.55. The van der Waals surface area contributed by atoms with E-state index in [0.717, 1.165) is 91.1 Å². The van der Waals surface area contributed by atoms with E-state index in [1.54, 1.807) is 0 Å². The molecule has 4 amide bonds. The summed E-state index contributed by atoms with van der Waals surface area (Å²) in [6, 6.07) is 0.102. The fourth-order valence-corrected chi connectivity index (χ4v) is 3.48. The molecule has 8 heteroatoms. The van der Waals surface area contributed by atoms with Crippen LogP contribution in [0.5, 0.6) is 0 Å². The molecule has 2 aliphatic rings. The number of hydrogen-bond acceptors (Lipinski definition) is 4. The molecule has 0 saturated carbocycles. The SMILES string of the molecule is CN1CCCN(C(=O)NCCCCCCNC(=O)N2CCCN(C)C2)C1. The molecule has 0 aromatic rings. The fourth-order valence-electron chi connectivity index (χ4n) is 3.48. The molecule has 2 rings (SSSR count). The summed E-state index contributed by atoms with van der Waals surface area (Å²) >= 11 is 0. The van der Waals surface area contributed by atoms with Gasteiger partial charge in [-0.15, -0.1) is 0 Å². The molecule has 0 aliphatic carbocycles. The zero-order valence-corrected chi connectivity index (χ0v) is 16.5. The predicted octanol–water partition coefficient (Wildman–Crippen LogP) is 1.16. The Morgan fingerprint density at radius 2 is 1.12 bits per heavy atom. The molecule has 2 aliphatic heterocycles. The van der Waals surface area contributed by atoms with E-state index < -0.39 is 0 Å². The van der Waals surface area contributed by atoms with Crippen molar-refractivity contribution in [2.24, 2.45) is 0 Å². The molecular weight excluding hydrogens is 332 g/mol. The largest absolute Gasteiger partial charge is 0.338 e. The van der Waals surface area contributed by atoms with Crippen molar-refractivity contribution in [1.82, 2.24) is 30.2 Å². The van der Waals surface area contributed by atoms with Crippen LogP contribution in [0.2, 0.25) is 0 Å². The van der Waals surface area contributed by atoms with Crippen molar-refractivity contribution in [2.75, 3.05) is 66.7 Å². The zero-order chi connectivity index (χ0) is 18.8. The summed E-state index contributed by atoms with van der Waals surface area (Å²) in [5.41, 5.74) is 0. The van der Waals surface area contributed by atoms with Gasteiger partial charge < -0.3 is 20.4 Å². The molecule has 2 heterocycles. The van der Waals surface area contributed by atoms with Gasteiger partial charge in [-0.1, -0.05) is 12.8 Å². The third-order valence-electron chi connectivity index (χ3n) is 4.99. The van der Waals surface area contributed by atoms with Crippen molar-refractivity contribution in [3.8, 4) is 0 Å². The first-order valence-corrected chi connectivity index (χ1v) is 9.99. The summed E-state index contributed by atoms with van der Waals surface area (Å²) in [6.45, 7) is 6.72. The third kappa shape index (κ3) is 7.37. The van der Waals surface area contributed by atoms with Crippen LogP contribution < -0.4 is 10.6 Å². The second-order valence-corrected chi connectivity index (χ2v) is 7.55. The van der Waals surface area contributed by atoms with Gasteiger partial charge in [0.2, 0.25) is 0 Å². The summed E-state index contributed by atoms with van der Waals surface area (Å²) in [7, 11) is 4.09. The second kappa shape index (κ2) is 11.2. The lowest BCUT2D eigenvalue weighted by molar-refractivity contribution is 0.122. The maximum atomic E-state index is 12.1. The van der Waals surface area contributed by atoms with Gasteiger partial charge in [-0.2, -0.15) is 0 Å². The topological polar surface area (TPSA) is 71.2 Å². The lowest BCUT2D eigenvalue weighted by atomic mass is 10.2. The first-order chi connectivity index (χ1) is 12.6. The molecule has 0 aromatic heterocycles. The molecule has 2 saturated heterocycles. The van der Waals surface area contributed by atoms with Crippen molar-refractivity contribution in [3.05, 3.63) is 0 Å². The van der Waals surface area contributed by atoms with Crippen LogP contribution in [0.1, 0.15) is 38.5 Å². The number of hydrogen-bond donors (Lipinski definition) is 2. The number of unbranched alkanes of at least 4 members (excludes halogenated alkanes) is 3. The maximum absolute atomic E-state index is 12.1. The number of nitrogens with zero attached hydrogens (tertiary/aromatic N) is 4. The monoisotopic (exact) mass is 368 g/mol. The molecule has 2 fully saturated rings. The Labute approximate surface area is 157 Å². The minimum atomic E-state index is 0.0512. The van der Waals surface area contributed by atoms with Gasteiger partial charge >= 0.3 is 12.1 Å². The van der Waals surface area contributed by atoms with Gasteiger partial charge in [0.1, 0.15) is 0 Å². The lowest BCUT2D eigenvalue weighted by Crippen LogP contribution is -2.49. The highest BCUT2D eigenvalue weighted by molar-refractivity contribution is 5.74. The van der Waals surface area contributed by atoms with E-state index >= 15 is 0 Å². The number of rotatable bonds is 7. The van der Waals surface area contributed by atoms with Crippen LogP contribution in [0.3, 0.4) is 0 Å². The van der Waals surface area contributed by atoms with Crippen molar-refractivity contribution in [3.63, 3.8) is 0 Å². The van der Waals surface area contributed by atoms with E-state index in [1.807, 2.05) is 23.9 Å². The molecule has 0 unspecified atom stereocenters. The average Bonchev–Trinajstić information content (AvgIpc) is 2.63. The number of amides is 4. The minimum Gasteiger partial charge on any atom is -0.338 e. The average molecular weight is 369 g/mol. The third-order valence-corrected chi connectivity index (χ3v) is 4.99. The standard InChI is InChI=1S/C18H36N6O2/c1-21-11-7-13-23(15-21)17(25)19-9-5-3-4-6-10-20-18(26)24-14-8-12-22(2)16-24/h3-16H2,1-2H3,(H,19,25)(H,20,26). The van der Waals surface area contributed by atoms with Crippen LogP contribution in [0.25, 0.3) is 0 Å². The normalized spacial score (nSPS) is 19.5. The first-order valence-electron chi connectivity index (χ1n) is 9.99. The summed E-state index contributed by atoms with van der Waals surface area (Å²) < 4.78 is 0. The van der Waals surface area contributed by atoms with Crippen LogP contribution >= 0.6 is 0 Å². The van der Waals surface area contributed by atoms with Crippen LogP contribution in [0, 0.1) is 0 Å². The highest BCUT2D eigenvalue weighted by atomic mass is 16.2. The Kier molecular flexibility index (Phi) is 8.97. The van der Waals surface area contributed by atoms with Gasteiger partial charge in [-0.25, -0.2) is 9.59 Å². The Balaban J connectivity index is 1.43. The summed E-state index contributed by atoms with van der Waals surface area (Å²) in [5, 5.41) is 6.02. The molecule has 2 N–H and O–H groups in total. The fraction of sp³-hybridized carbons (Fsp3) is 0.889. The number of carbonyl (C=O) groups excluding carboxylic acids is 2. The van der Waals surface area contributed by atoms with Crippen molar-refractivity contribution in [1.29, 1.82) is 0 Å². The number of nitrogens with one attached hydrogen (secondary N) is 2. The van der Waals surface area contributed by atoms with Gasteiger partial charge in [0, 0.05) is 39.3 Å². The van der Waals surface area contributed by atoms with Crippen molar-refractivity contribution in [2.45, 2.75) is 38.5 Å². The molecule has 0 radical (unpaired) electrons. The Morgan fingerprint density at radius 1 is 0.692 bits per heavy atom. The molecule has 8 nitrogen and oxygen atoms in total. The summed E-state index contributed by atoms with van der Waals surface area (Å²) in [6.07, 6.45) is 6.21. The van der Waals surface area contributed by atoms with E-state index in [1.165, 1.54) is 0 Å². The van der Waals surface area contributed by atoms with E-state index in [2.05, 4.69) is 20.4 Å². The highest BCUT2D eigenvalue weighted by Gasteiger charge is 2.19. The lowest BCUT2D eigenvalue weighted by Gasteiger charge is -2.33. The predicted molar refractivity (Wildman–Crippen MR) is 103 cm³/mol. The molecule has 0 atom stereocenters. The van der Waals surface area contributed by atoms with E-state index in [0.29, 0.717) is 0 Å². The molecule has 0 spiro atoms. The van der Waals surface area contributed by atoms with Gasteiger partial charge in [-0.05, 0) is 39.8 Å². The molecule has 0 aromatic carbocycles.